The normalized spacial score (nSPS) is 11.0. The number of hydrazone groups is 1. The van der Waals surface area contributed by atoms with Crippen molar-refractivity contribution in [3.8, 4) is 5.75 Å². The smallest absolute Gasteiger partial charge is 0.277 e. The minimum atomic E-state index is -0.356. The van der Waals surface area contributed by atoms with Crippen LogP contribution < -0.4 is 10.2 Å². The lowest BCUT2D eigenvalue weighted by Crippen LogP contribution is -2.24. The van der Waals surface area contributed by atoms with Crippen LogP contribution in [0.5, 0.6) is 5.75 Å². The van der Waals surface area contributed by atoms with Crippen molar-refractivity contribution in [3.63, 3.8) is 0 Å². The Bertz CT molecular complexity index is 986. The number of fused-ring (bicyclic) bond motifs is 1. The molecule has 1 N–H and O–H groups in total. The van der Waals surface area contributed by atoms with E-state index in [0.29, 0.717) is 16.5 Å². The lowest BCUT2D eigenvalue weighted by Gasteiger charge is -2.07. The Kier molecular flexibility index (Phi) is 5.49. The van der Waals surface area contributed by atoms with Gasteiger partial charge in [0, 0.05) is 10.9 Å². The van der Waals surface area contributed by atoms with Gasteiger partial charge in [0.15, 0.2) is 6.61 Å². The maximum absolute atomic E-state index is 11.9. The van der Waals surface area contributed by atoms with Crippen LogP contribution in [0.1, 0.15) is 16.7 Å². The van der Waals surface area contributed by atoms with E-state index in [1.807, 2.05) is 62.4 Å². The Labute approximate surface area is 156 Å². The fraction of sp³-hybridized carbons (Fsp3) is 0.150. The van der Waals surface area contributed by atoms with Gasteiger partial charge in [0.2, 0.25) is 0 Å². The Hall–Kier alpha value is -2.92. The molecule has 5 nitrogen and oxygen atoms in total. The summed E-state index contributed by atoms with van der Waals surface area (Å²) in [6, 6.07) is 15.3. The Morgan fingerprint density at radius 2 is 2.04 bits per heavy atom. The number of rotatable bonds is 5. The monoisotopic (exact) mass is 367 g/mol. The van der Waals surface area contributed by atoms with Crippen LogP contribution in [-0.4, -0.2) is 23.7 Å². The van der Waals surface area contributed by atoms with E-state index >= 15 is 0 Å². The second-order valence-electron chi connectivity index (χ2n) is 5.91. The molecule has 132 valence electrons. The molecule has 0 atom stereocenters. The molecule has 0 fully saturated rings. The summed E-state index contributed by atoms with van der Waals surface area (Å²) < 4.78 is 5.47. The van der Waals surface area contributed by atoms with Gasteiger partial charge in [-0.05, 0) is 43.2 Å². The van der Waals surface area contributed by atoms with Crippen LogP contribution in [0.2, 0.25) is 5.15 Å². The van der Waals surface area contributed by atoms with E-state index in [9.17, 15) is 4.79 Å². The number of aryl methyl sites for hydroxylation is 2. The molecule has 0 saturated heterocycles. The minimum Gasteiger partial charge on any atom is -0.483 e. The van der Waals surface area contributed by atoms with Crippen molar-refractivity contribution in [2.75, 3.05) is 6.61 Å². The first-order chi connectivity index (χ1) is 12.5. The van der Waals surface area contributed by atoms with Crippen molar-refractivity contribution in [1.82, 2.24) is 10.4 Å². The molecule has 1 amide bonds. The van der Waals surface area contributed by atoms with Crippen LogP contribution in [-0.2, 0) is 4.79 Å². The van der Waals surface area contributed by atoms with Gasteiger partial charge in [-0.1, -0.05) is 41.9 Å². The highest BCUT2D eigenvalue weighted by Crippen LogP contribution is 2.20. The van der Waals surface area contributed by atoms with Crippen molar-refractivity contribution in [2.24, 2.45) is 5.10 Å². The molecule has 1 aromatic heterocycles. The van der Waals surface area contributed by atoms with E-state index in [1.165, 1.54) is 6.21 Å². The molecule has 26 heavy (non-hydrogen) atoms. The van der Waals surface area contributed by atoms with E-state index in [4.69, 9.17) is 16.3 Å². The molecule has 0 saturated carbocycles. The van der Waals surface area contributed by atoms with Gasteiger partial charge in [-0.3, -0.25) is 4.79 Å². The molecular formula is C20H18ClN3O2. The molecule has 1 heterocycles. The number of ether oxygens (including phenoxy) is 1. The molecular weight excluding hydrogens is 350 g/mol. The molecule has 0 radical (unpaired) electrons. The van der Waals surface area contributed by atoms with Gasteiger partial charge in [-0.15, -0.1) is 0 Å². The van der Waals surface area contributed by atoms with Crippen LogP contribution in [0.25, 0.3) is 10.9 Å². The number of carbonyl (C=O) groups is 1. The minimum absolute atomic E-state index is 0.120. The van der Waals surface area contributed by atoms with Gasteiger partial charge in [-0.25, -0.2) is 10.4 Å². The second-order valence-corrected chi connectivity index (χ2v) is 6.27. The first kappa shape index (κ1) is 17.9. The summed E-state index contributed by atoms with van der Waals surface area (Å²) in [6.07, 6.45) is 1.47. The zero-order chi connectivity index (χ0) is 18.5. The van der Waals surface area contributed by atoms with E-state index in [1.54, 1.807) is 0 Å². The molecule has 0 aliphatic carbocycles. The average molecular weight is 368 g/mol. The van der Waals surface area contributed by atoms with Gasteiger partial charge in [0.25, 0.3) is 5.91 Å². The van der Waals surface area contributed by atoms with Crippen LogP contribution in [0, 0.1) is 13.8 Å². The van der Waals surface area contributed by atoms with E-state index < -0.39 is 0 Å². The largest absolute Gasteiger partial charge is 0.483 e. The van der Waals surface area contributed by atoms with E-state index in [-0.39, 0.29) is 12.5 Å². The summed E-state index contributed by atoms with van der Waals surface area (Å²) in [5, 5.41) is 5.22. The third-order valence-electron chi connectivity index (χ3n) is 3.80. The highest BCUT2D eigenvalue weighted by molar-refractivity contribution is 6.32. The molecule has 0 aliphatic heterocycles. The van der Waals surface area contributed by atoms with Gasteiger partial charge in [0.05, 0.1) is 11.7 Å². The van der Waals surface area contributed by atoms with Crippen LogP contribution in [0.3, 0.4) is 0 Å². The number of nitrogens with one attached hydrogen (secondary N) is 1. The van der Waals surface area contributed by atoms with Crippen molar-refractivity contribution in [2.45, 2.75) is 13.8 Å². The quantitative estimate of drug-likeness (QED) is 0.420. The molecule has 0 unspecified atom stereocenters. The second kappa shape index (κ2) is 7.97. The highest BCUT2D eigenvalue weighted by Gasteiger charge is 2.05. The van der Waals surface area contributed by atoms with Crippen molar-refractivity contribution in [3.05, 3.63) is 70.4 Å². The van der Waals surface area contributed by atoms with Gasteiger partial charge in [0.1, 0.15) is 10.9 Å². The maximum Gasteiger partial charge on any atom is 0.277 e. The molecule has 0 bridgehead atoms. The Balaban J connectivity index is 1.62. The summed E-state index contributed by atoms with van der Waals surface area (Å²) in [6.45, 7) is 3.80. The number of pyridine rings is 1. The number of carbonyl (C=O) groups excluding carboxylic acids is 1. The summed E-state index contributed by atoms with van der Waals surface area (Å²) in [5.74, 6) is 0.314. The SMILES string of the molecule is Cc1ccc2cc(/C=N/NC(=O)COc3ccccc3C)c(Cl)nc2c1. The van der Waals surface area contributed by atoms with Crippen molar-refractivity contribution in [1.29, 1.82) is 0 Å². The molecule has 0 spiro atoms. The molecule has 2 aromatic carbocycles. The van der Waals surface area contributed by atoms with Gasteiger partial charge < -0.3 is 4.74 Å². The zero-order valence-electron chi connectivity index (χ0n) is 14.5. The fourth-order valence-electron chi connectivity index (χ4n) is 2.43. The molecule has 3 aromatic rings. The first-order valence-electron chi connectivity index (χ1n) is 8.10. The number of amides is 1. The third-order valence-corrected chi connectivity index (χ3v) is 4.10. The number of halogens is 1. The molecule has 0 aliphatic rings. The number of nitrogens with zero attached hydrogens (tertiary/aromatic N) is 2. The fourth-order valence-corrected chi connectivity index (χ4v) is 2.62. The van der Waals surface area contributed by atoms with Crippen molar-refractivity contribution >= 4 is 34.6 Å². The lowest BCUT2D eigenvalue weighted by atomic mass is 10.1. The van der Waals surface area contributed by atoms with E-state index in [2.05, 4.69) is 15.5 Å². The van der Waals surface area contributed by atoms with E-state index in [0.717, 1.165) is 22.0 Å². The lowest BCUT2D eigenvalue weighted by molar-refractivity contribution is -0.123. The van der Waals surface area contributed by atoms with Crippen LogP contribution in [0.15, 0.2) is 53.6 Å². The van der Waals surface area contributed by atoms with Gasteiger partial charge >= 0.3 is 0 Å². The predicted molar refractivity (Wildman–Crippen MR) is 104 cm³/mol. The maximum atomic E-state index is 11.9. The van der Waals surface area contributed by atoms with Crippen LogP contribution in [0.4, 0.5) is 0 Å². The molecule has 6 heteroatoms. The number of para-hydroxylation sites is 1. The predicted octanol–water partition coefficient (Wildman–Crippen LogP) is 4.03. The highest BCUT2D eigenvalue weighted by atomic mass is 35.5. The number of hydrogen-bond donors (Lipinski definition) is 1. The summed E-state index contributed by atoms with van der Waals surface area (Å²) in [4.78, 5) is 16.2. The average Bonchev–Trinajstić information content (AvgIpc) is 2.61. The van der Waals surface area contributed by atoms with Crippen molar-refractivity contribution < 1.29 is 9.53 Å². The number of hydrogen-bond acceptors (Lipinski definition) is 4. The summed E-state index contributed by atoms with van der Waals surface area (Å²) in [5.41, 5.74) is 5.95. The summed E-state index contributed by atoms with van der Waals surface area (Å²) in [7, 11) is 0. The Morgan fingerprint density at radius 1 is 1.23 bits per heavy atom. The first-order valence-corrected chi connectivity index (χ1v) is 8.48. The number of benzene rings is 2. The third kappa shape index (κ3) is 4.37. The zero-order valence-corrected chi connectivity index (χ0v) is 15.2. The number of aromatic nitrogens is 1. The topological polar surface area (TPSA) is 63.6 Å². The van der Waals surface area contributed by atoms with Gasteiger partial charge in [-0.2, -0.15) is 5.10 Å². The summed E-state index contributed by atoms with van der Waals surface area (Å²) >= 11 is 6.19. The molecule has 3 rings (SSSR count). The Morgan fingerprint density at radius 3 is 2.85 bits per heavy atom. The van der Waals surface area contributed by atoms with Crippen LogP contribution >= 0.6 is 11.6 Å². The standard InChI is InChI=1S/C20H18ClN3O2/c1-13-7-8-15-10-16(20(21)23-17(15)9-13)11-22-24-19(25)12-26-18-6-4-3-5-14(18)2/h3-11H,12H2,1-2H3,(H,24,25)/b22-11+.